The molecule has 1 atom stereocenters. The third-order valence-corrected chi connectivity index (χ3v) is 4.51. The summed E-state index contributed by atoms with van der Waals surface area (Å²) in [5.74, 6) is 1.61. The van der Waals surface area contributed by atoms with Gasteiger partial charge in [-0.25, -0.2) is 0 Å². The molecule has 1 unspecified atom stereocenters. The van der Waals surface area contributed by atoms with Gasteiger partial charge in [0.25, 0.3) is 0 Å². The van der Waals surface area contributed by atoms with Gasteiger partial charge in [-0.05, 0) is 38.7 Å². The van der Waals surface area contributed by atoms with E-state index in [1.165, 1.54) is 5.56 Å². The molecule has 1 fully saturated rings. The highest BCUT2D eigenvalue weighted by molar-refractivity contribution is 14.0. The normalized spacial score (nSPS) is 17.4. The average molecular weight is 479 g/mol. The molecule has 2 heterocycles. The number of hydrogen-bond donors (Lipinski definition) is 2. The highest BCUT2D eigenvalue weighted by atomic mass is 127. The van der Waals surface area contributed by atoms with Crippen LogP contribution < -0.4 is 5.32 Å². The van der Waals surface area contributed by atoms with Crippen LogP contribution in [0, 0.1) is 12.8 Å². The fourth-order valence-corrected chi connectivity index (χ4v) is 3.06. The second-order valence-electron chi connectivity index (χ2n) is 6.53. The third-order valence-electron chi connectivity index (χ3n) is 4.51. The fourth-order valence-electron chi connectivity index (χ4n) is 3.06. The third kappa shape index (κ3) is 7.79. The Kier molecular flexibility index (Phi) is 11.9. The number of rotatable bonds is 10. The molecular formula is C18H34IN5O2. The van der Waals surface area contributed by atoms with Crippen molar-refractivity contribution in [2.75, 3.05) is 53.1 Å². The molecule has 8 heteroatoms. The van der Waals surface area contributed by atoms with E-state index in [9.17, 15) is 0 Å². The van der Waals surface area contributed by atoms with Crippen LogP contribution in [0.5, 0.6) is 0 Å². The van der Waals surface area contributed by atoms with E-state index in [-0.39, 0.29) is 24.0 Å². The second kappa shape index (κ2) is 13.3. The molecule has 1 aliphatic heterocycles. The van der Waals surface area contributed by atoms with E-state index in [2.05, 4.69) is 34.3 Å². The quantitative estimate of drug-likeness (QED) is 0.233. The predicted octanol–water partition coefficient (Wildman–Crippen LogP) is 2.22. The largest absolute Gasteiger partial charge is 0.382 e. The Labute approximate surface area is 174 Å². The molecule has 2 N–H and O–H groups in total. The summed E-state index contributed by atoms with van der Waals surface area (Å²) in [6, 6.07) is 0. The lowest BCUT2D eigenvalue weighted by atomic mass is 10.1. The molecule has 0 aromatic carbocycles. The molecular weight excluding hydrogens is 445 g/mol. The van der Waals surface area contributed by atoms with E-state index in [1.54, 1.807) is 7.11 Å². The number of methoxy groups -OCH3 is 1. The smallest absolute Gasteiger partial charge is 0.193 e. The van der Waals surface area contributed by atoms with Gasteiger partial charge in [0.05, 0.1) is 26.0 Å². The van der Waals surface area contributed by atoms with Crippen LogP contribution in [0.3, 0.4) is 0 Å². The van der Waals surface area contributed by atoms with Crippen molar-refractivity contribution < 1.29 is 9.47 Å². The number of aromatic amines is 1. The second-order valence-corrected chi connectivity index (χ2v) is 6.53. The van der Waals surface area contributed by atoms with Gasteiger partial charge < -0.3 is 19.7 Å². The number of nitrogens with one attached hydrogen (secondary N) is 2. The van der Waals surface area contributed by atoms with E-state index < -0.39 is 0 Å². The van der Waals surface area contributed by atoms with Gasteiger partial charge in [0.1, 0.15) is 0 Å². The molecule has 150 valence electrons. The Hall–Kier alpha value is -0.870. The predicted molar refractivity (Wildman–Crippen MR) is 115 cm³/mol. The van der Waals surface area contributed by atoms with Gasteiger partial charge >= 0.3 is 0 Å². The standard InChI is InChI=1S/C18H33N5O2.HI/c1-4-19-18(20-8-5-6-17-12-21-22-15(17)2)23-9-7-16(13-23)14-25-11-10-24-3;/h12,16H,4-11,13-14H2,1-3H3,(H,19,20)(H,21,22);1H. The Morgan fingerprint density at radius 1 is 1.46 bits per heavy atom. The molecule has 1 aliphatic rings. The van der Waals surface area contributed by atoms with Crippen molar-refractivity contribution >= 4 is 29.9 Å². The SMILES string of the molecule is CCNC(=NCCCc1cn[nH]c1C)N1CCC(COCCOC)C1.I. The summed E-state index contributed by atoms with van der Waals surface area (Å²) < 4.78 is 10.7. The molecule has 0 radical (unpaired) electrons. The summed E-state index contributed by atoms with van der Waals surface area (Å²) in [5, 5.41) is 10.5. The molecule has 1 saturated heterocycles. The summed E-state index contributed by atoms with van der Waals surface area (Å²) in [7, 11) is 1.70. The van der Waals surface area contributed by atoms with Crippen LogP contribution in [0.15, 0.2) is 11.2 Å². The maximum Gasteiger partial charge on any atom is 0.193 e. The van der Waals surface area contributed by atoms with Crippen LogP contribution in [0.4, 0.5) is 0 Å². The molecule has 0 aliphatic carbocycles. The zero-order valence-corrected chi connectivity index (χ0v) is 18.6. The summed E-state index contributed by atoms with van der Waals surface area (Å²) in [6.45, 7) is 10.1. The lowest BCUT2D eigenvalue weighted by Gasteiger charge is -2.21. The van der Waals surface area contributed by atoms with Gasteiger partial charge in [-0.2, -0.15) is 5.10 Å². The van der Waals surface area contributed by atoms with Gasteiger partial charge in [-0.3, -0.25) is 10.1 Å². The molecule has 0 spiro atoms. The molecule has 1 aromatic heterocycles. The molecule has 0 saturated carbocycles. The number of aliphatic imine (C=N–C) groups is 1. The first-order chi connectivity index (χ1) is 12.2. The van der Waals surface area contributed by atoms with E-state index in [0.717, 1.165) is 63.7 Å². The van der Waals surface area contributed by atoms with Crippen LogP contribution in [0.1, 0.15) is 31.0 Å². The minimum absolute atomic E-state index is 0. The Bertz CT molecular complexity index is 523. The Balaban J connectivity index is 0.00000338. The first-order valence-electron chi connectivity index (χ1n) is 9.33. The summed E-state index contributed by atoms with van der Waals surface area (Å²) >= 11 is 0. The van der Waals surface area contributed by atoms with Crippen molar-refractivity contribution in [2.45, 2.75) is 33.1 Å². The molecule has 0 bridgehead atoms. The van der Waals surface area contributed by atoms with Gasteiger partial charge in [-0.15, -0.1) is 24.0 Å². The summed E-state index contributed by atoms with van der Waals surface area (Å²) in [6.07, 6.45) is 5.12. The lowest BCUT2D eigenvalue weighted by molar-refractivity contribution is 0.0536. The topological polar surface area (TPSA) is 74.8 Å². The van der Waals surface area contributed by atoms with Crippen molar-refractivity contribution in [1.82, 2.24) is 20.4 Å². The van der Waals surface area contributed by atoms with Crippen molar-refractivity contribution in [1.29, 1.82) is 0 Å². The first-order valence-corrected chi connectivity index (χ1v) is 9.33. The average Bonchev–Trinajstić information content (AvgIpc) is 3.24. The number of guanidine groups is 1. The summed E-state index contributed by atoms with van der Waals surface area (Å²) in [5.41, 5.74) is 2.45. The number of ether oxygens (including phenoxy) is 2. The minimum Gasteiger partial charge on any atom is -0.382 e. The zero-order chi connectivity index (χ0) is 17.9. The van der Waals surface area contributed by atoms with E-state index in [1.807, 2.05) is 6.20 Å². The first kappa shape index (κ1) is 23.2. The number of halogens is 1. The van der Waals surface area contributed by atoms with E-state index in [4.69, 9.17) is 14.5 Å². The van der Waals surface area contributed by atoms with Gasteiger partial charge in [0.15, 0.2) is 5.96 Å². The Morgan fingerprint density at radius 3 is 3.00 bits per heavy atom. The van der Waals surface area contributed by atoms with Crippen LogP contribution in [0.2, 0.25) is 0 Å². The molecule has 1 aromatic rings. The number of H-pyrrole nitrogens is 1. The Morgan fingerprint density at radius 2 is 2.31 bits per heavy atom. The summed E-state index contributed by atoms with van der Waals surface area (Å²) in [4.78, 5) is 7.17. The van der Waals surface area contributed by atoms with Crippen LogP contribution in [-0.2, 0) is 15.9 Å². The highest BCUT2D eigenvalue weighted by Gasteiger charge is 2.24. The highest BCUT2D eigenvalue weighted by Crippen LogP contribution is 2.16. The monoisotopic (exact) mass is 479 g/mol. The molecule has 7 nitrogen and oxygen atoms in total. The van der Waals surface area contributed by atoms with E-state index >= 15 is 0 Å². The number of aromatic nitrogens is 2. The van der Waals surface area contributed by atoms with Crippen molar-refractivity contribution in [2.24, 2.45) is 10.9 Å². The van der Waals surface area contributed by atoms with Gasteiger partial charge in [0, 0.05) is 44.9 Å². The maximum absolute atomic E-state index is 5.68. The zero-order valence-electron chi connectivity index (χ0n) is 16.3. The number of nitrogens with zero attached hydrogens (tertiary/aromatic N) is 3. The number of hydrogen-bond acceptors (Lipinski definition) is 4. The van der Waals surface area contributed by atoms with Crippen molar-refractivity contribution in [3.05, 3.63) is 17.5 Å². The molecule has 0 amide bonds. The number of aryl methyl sites for hydroxylation is 2. The number of likely N-dealkylation sites (tertiary alicyclic amines) is 1. The fraction of sp³-hybridized carbons (Fsp3) is 0.778. The molecule has 26 heavy (non-hydrogen) atoms. The van der Waals surface area contributed by atoms with Crippen molar-refractivity contribution in [3.8, 4) is 0 Å². The van der Waals surface area contributed by atoms with Gasteiger partial charge in [-0.1, -0.05) is 0 Å². The van der Waals surface area contributed by atoms with E-state index in [0.29, 0.717) is 19.1 Å². The van der Waals surface area contributed by atoms with Crippen LogP contribution in [-0.4, -0.2) is 74.2 Å². The van der Waals surface area contributed by atoms with Crippen LogP contribution >= 0.6 is 24.0 Å². The molecule has 2 rings (SSSR count). The van der Waals surface area contributed by atoms with Crippen molar-refractivity contribution in [3.63, 3.8) is 0 Å². The minimum atomic E-state index is 0. The van der Waals surface area contributed by atoms with Gasteiger partial charge in [0.2, 0.25) is 0 Å². The lowest BCUT2D eigenvalue weighted by Crippen LogP contribution is -2.40. The van der Waals surface area contributed by atoms with Crippen LogP contribution in [0.25, 0.3) is 0 Å². The maximum atomic E-state index is 5.68.